The van der Waals surface area contributed by atoms with Gasteiger partial charge in [0.2, 0.25) is 0 Å². The normalized spacial score (nSPS) is 25.3. The lowest BCUT2D eigenvalue weighted by atomic mass is 9.88. The SMILES string of the molecule is CC(C)(C)OC(=O)CC1=N[C@](C)(c2nc(CC(=O)c3ncc(C#N)cc3Cl)ccc2F)[C@@H]2CCN=[S@]2(=O)C1(C)C. The van der Waals surface area contributed by atoms with Crippen LogP contribution in [0.5, 0.6) is 0 Å². The number of Topliss-reactive ketones (excluding diaryl/α,β-unsaturated/α-hetero) is 1. The second kappa shape index (κ2) is 10.3. The number of halogens is 2. The van der Waals surface area contributed by atoms with Gasteiger partial charge in [0.1, 0.15) is 34.4 Å². The van der Waals surface area contributed by atoms with Crippen molar-refractivity contribution in [1.29, 1.82) is 5.26 Å². The number of fused-ring (bicyclic) bond motifs is 1. The molecule has 0 fully saturated rings. The van der Waals surface area contributed by atoms with Gasteiger partial charge in [-0.15, -0.1) is 0 Å². The van der Waals surface area contributed by atoms with Crippen LogP contribution in [0.3, 0.4) is 0 Å². The highest BCUT2D eigenvalue weighted by Crippen LogP contribution is 2.48. The monoisotopic (exact) mass is 587 g/mol. The van der Waals surface area contributed by atoms with Crippen molar-refractivity contribution in [3.63, 3.8) is 0 Å². The van der Waals surface area contributed by atoms with E-state index in [9.17, 15) is 13.8 Å². The zero-order valence-corrected chi connectivity index (χ0v) is 24.8. The largest absolute Gasteiger partial charge is 0.460 e. The van der Waals surface area contributed by atoms with Crippen LogP contribution in [-0.2, 0) is 31.2 Å². The summed E-state index contributed by atoms with van der Waals surface area (Å²) in [6.45, 7) is 10.7. The zero-order valence-electron chi connectivity index (χ0n) is 23.2. The van der Waals surface area contributed by atoms with Crippen molar-refractivity contribution in [2.45, 2.75) is 81.9 Å². The Morgan fingerprint density at radius 1 is 1.25 bits per heavy atom. The lowest BCUT2D eigenvalue weighted by molar-refractivity contribution is -0.153. The third kappa shape index (κ3) is 5.27. The van der Waals surface area contributed by atoms with Gasteiger partial charge in [-0.2, -0.15) is 5.26 Å². The third-order valence-electron chi connectivity index (χ3n) is 7.17. The van der Waals surface area contributed by atoms with Crippen LogP contribution in [0.2, 0.25) is 5.02 Å². The fraction of sp³-hybridized carbons (Fsp3) is 0.500. The van der Waals surface area contributed by atoms with Gasteiger partial charge < -0.3 is 4.74 Å². The van der Waals surface area contributed by atoms with Crippen molar-refractivity contribution < 1.29 is 22.9 Å². The van der Waals surface area contributed by atoms with E-state index < -0.39 is 48.4 Å². The molecule has 40 heavy (non-hydrogen) atoms. The Morgan fingerprint density at radius 3 is 2.58 bits per heavy atom. The molecule has 0 bridgehead atoms. The highest BCUT2D eigenvalue weighted by Gasteiger charge is 2.58. The van der Waals surface area contributed by atoms with Crippen LogP contribution in [-0.4, -0.2) is 53.8 Å². The number of carbonyl (C=O) groups is 2. The molecule has 12 heteroatoms. The number of ketones is 1. The van der Waals surface area contributed by atoms with E-state index in [0.29, 0.717) is 18.7 Å². The van der Waals surface area contributed by atoms with Gasteiger partial charge in [0.25, 0.3) is 0 Å². The molecular formula is C28H31ClFN5O4S. The summed E-state index contributed by atoms with van der Waals surface area (Å²) in [6, 6.07) is 5.83. The molecule has 3 atom stereocenters. The maximum absolute atomic E-state index is 15.5. The number of nitriles is 1. The molecule has 2 aliphatic heterocycles. The Morgan fingerprint density at radius 2 is 1.95 bits per heavy atom. The molecule has 4 rings (SSSR count). The molecule has 2 aliphatic rings. The summed E-state index contributed by atoms with van der Waals surface area (Å²) >= 11 is 6.16. The van der Waals surface area contributed by atoms with Crippen molar-refractivity contribution in [2.24, 2.45) is 9.36 Å². The molecule has 9 nitrogen and oxygen atoms in total. The van der Waals surface area contributed by atoms with E-state index in [1.54, 1.807) is 41.5 Å². The number of carbonyl (C=O) groups excluding carboxylic acids is 2. The van der Waals surface area contributed by atoms with E-state index in [4.69, 9.17) is 26.6 Å². The van der Waals surface area contributed by atoms with E-state index in [1.165, 1.54) is 24.4 Å². The number of esters is 1. The number of rotatable bonds is 6. The number of pyridine rings is 2. The first-order valence-corrected chi connectivity index (χ1v) is 14.7. The first kappa shape index (κ1) is 29.7. The Kier molecular flexibility index (Phi) is 7.67. The second-order valence-electron chi connectivity index (χ2n) is 11.6. The first-order chi connectivity index (χ1) is 18.5. The Balaban J connectivity index is 1.77. The van der Waals surface area contributed by atoms with E-state index in [1.807, 2.05) is 6.07 Å². The summed E-state index contributed by atoms with van der Waals surface area (Å²) in [5, 5.41) is 8.38. The standard InChI is InChI=1S/C28H31ClFN5O4S/c1-26(2,3)39-23(37)13-21-27(4,5)40(38)22(9-10-33-40)28(6,35-21)25-19(30)8-7-17(34-25)12-20(36)24-18(29)11-16(14-31)15-32-24/h7-8,11,15,22H,9-10,12-13H2,1-6H3/t22-,28-,40+/m0/s1. The van der Waals surface area contributed by atoms with E-state index in [0.717, 1.165) is 0 Å². The van der Waals surface area contributed by atoms with Gasteiger partial charge >= 0.3 is 5.97 Å². The molecule has 0 amide bonds. The number of nitrogens with zero attached hydrogens (tertiary/aromatic N) is 5. The maximum Gasteiger partial charge on any atom is 0.312 e. The van der Waals surface area contributed by atoms with E-state index in [2.05, 4.69) is 14.3 Å². The molecule has 0 saturated carbocycles. The minimum atomic E-state index is -3.02. The smallest absolute Gasteiger partial charge is 0.312 e. The summed E-state index contributed by atoms with van der Waals surface area (Å²) in [4.78, 5) is 39.2. The van der Waals surface area contributed by atoms with Crippen molar-refractivity contribution >= 4 is 38.8 Å². The number of aromatic nitrogens is 2. The van der Waals surface area contributed by atoms with Crippen LogP contribution >= 0.6 is 11.6 Å². The Hall–Kier alpha value is -3.23. The molecule has 0 aromatic carbocycles. The molecule has 2 aromatic heterocycles. The van der Waals surface area contributed by atoms with Crippen molar-refractivity contribution in [3.05, 3.63) is 57.9 Å². The Bertz CT molecular complexity index is 1600. The summed E-state index contributed by atoms with van der Waals surface area (Å²) < 4.78 is 38.9. The molecule has 0 N–H and O–H groups in total. The molecule has 2 aromatic rings. The minimum absolute atomic E-state index is 0.0246. The lowest BCUT2D eigenvalue weighted by Gasteiger charge is -2.45. The first-order valence-electron chi connectivity index (χ1n) is 12.8. The molecular weight excluding hydrogens is 557 g/mol. The van der Waals surface area contributed by atoms with Gasteiger partial charge in [-0.25, -0.2) is 13.0 Å². The van der Waals surface area contributed by atoms with Crippen LogP contribution in [0.4, 0.5) is 4.39 Å². The highest BCUT2D eigenvalue weighted by molar-refractivity contribution is 7.96. The van der Waals surface area contributed by atoms with Crippen LogP contribution in [0, 0.1) is 17.1 Å². The predicted octanol–water partition coefficient (Wildman–Crippen LogP) is 4.99. The van der Waals surface area contributed by atoms with E-state index >= 15 is 4.39 Å². The van der Waals surface area contributed by atoms with Crippen LogP contribution in [0.25, 0.3) is 0 Å². The van der Waals surface area contributed by atoms with Gasteiger partial charge in [-0.1, -0.05) is 11.6 Å². The fourth-order valence-electron chi connectivity index (χ4n) is 5.18. The van der Waals surface area contributed by atoms with Crippen LogP contribution in [0.1, 0.15) is 81.8 Å². The van der Waals surface area contributed by atoms with Gasteiger partial charge in [-0.05, 0) is 66.2 Å². The number of hydrogen-bond donors (Lipinski definition) is 0. The fourth-order valence-corrected chi connectivity index (χ4v) is 8.71. The molecule has 0 radical (unpaired) electrons. The topological polar surface area (TPSA) is 135 Å². The molecule has 0 spiro atoms. The van der Waals surface area contributed by atoms with Crippen molar-refractivity contribution in [2.75, 3.05) is 6.54 Å². The highest BCUT2D eigenvalue weighted by atomic mass is 35.5. The molecule has 0 saturated heterocycles. The molecule has 4 heterocycles. The van der Waals surface area contributed by atoms with E-state index in [-0.39, 0.29) is 40.5 Å². The second-order valence-corrected chi connectivity index (χ2v) is 15.0. The molecule has 212 valence electrons. The molecule has 0 unspecified atom stereocenters. The average Bonchev–Trinajstić information content (AvgIpc) is 3.27. The third-order valence-corrected chi connectivity index (χ3v) is 11.2. The van der Waals surface area contributed by atoms with Gasteiger partial charge in [-0.3, -0.25) is 24.5 Å². The summed E-state index contributed by atoms with van der Waals surface area (Å²) in [7, 11) is -3.02. The number of ether oxygens (including phenoxy) is 1. The number of aliphatic imine (C=N–C) groups is 1. The van der Waals surface area contributed by atoms with Crippen LogP contribution in [0.15, 0.2) is 33.8 Å². The van der Waals surface area contributed by atoms with Gasteiger partial charge in [0, 0.05) is 24.1 Å². The van der Waals surface area contributed by atoms with Crippen molar-refractivity contribution in [3.8, 4) is 6.07 Å². The van der Waals surface area contributed by atoms with Gasteiger partial charge in [0.15, 0.2) is 5.78 Å². The number of hydrogen-bond acceptors (Lipinski definition) is 9. The maximum atomic E-state index is 15.5. The zero-order chi connectivity index (χ0) is 29.7. The summed E-state index contributed by atoms with van der Waals surface area (Å²) in [5.74, 6) is -1.69. The van der Waals surface area contributed by atoms with Crippen LogP contribution < -0.4 is 0 Å². The summed E-state index contributed by atoms with van der Waals surface area (Å²) in [6.07, 6.45) is 1.17. The average molecular weight is 588 g/mol. The quantitative estimate of drug-likeness (QED) is 0.343. The Labute approximate surface area is 238 Å². The van der Waals surface area contributed by atoms with Crippen molar-refractivity contribution in [1.82, 2.24) is 9.97 Å². The lowest BCUT2D eigenvalue weighted by Crippen LogP contribution is -2.56. The van der Waals surface area contributed by atoms with Gasteiger partial charge in [0.05, 0.1) is 43.2 Å². The summed E-state index contributed by atoms with van der Waals surface area (Å²) in [5.41, 5.74) is -1.52. The predicted molar refractivity (Wildman–Crippen MR) is 149 cm³/mol. The molecule has 0 aliphatic carbocycles. The minimum Gasteiger partial charge on any atom is -0.460 e.